The summed E-state index contributed by atoms with van der Waals surface area (Å²) < 4.78 is 28.2. The molecule has 112 valence electrons. The van der Waals surface area contributed by atoms with Crippen LogP contribution >= 0.6 is 15.9 Å². The van der Waals surface area contributed by atoms with Gasteiger partial charge in [0.15, 0.2) is 0 Å². The molecular weight excluding hydrogens is 340 g/mol. The molecule has 0 radical (unpaired) electrons. The maximum atomic E-state index is 12.4. The van der Waals surface area contributed by atoms with Crippen molar-refractivity contribution < 1.29 is 8.42 Å². The highest BCUT2D eigenvalue weighted by Crippen LogP contribution is 2.27. The molecule has 0 unspecified atom stereocenters. The fraction of sp³-hybridized carbons (Fsp3) is 0.571. The Hall–Kier alpha value is -0.430. The lowest BCUT2D eigenvalue weighted by Gasteiger charge is -2.15. The van der Waals surface area contributed by atoms with Gasteiger partial charge in [0, 0.05) is 23.1 Å². The maximum absolute atomic E-state index is 12.4. The lowest BCUT2D eigenvalue weighted by Crippen LogP contribution is -2.31. The molecule has 1 aromatic rings. The number of halogens is 1. The fourth-order valence-corrected chi connectivity index (χ4v) is 4.22. The quantitative estimate of drug-likeness (QED) is 0.819. The van der Waals surface area contributed by atoms with Crippen LogP contribution in [0.25, 0.3) is 0 Å². The molecule has 0 saturated heterocycles. The van der Waals surface area contributed by atoms with Gasteiger partial charge < -0.3 is 5.32 Å². The number of sulfonamides is 1. The Balaban J connectivity index is 2.30. The van der Waals surface area contributed by atoms with Crippen LogP contribution in [0.1, 0.15) is 37.8 Å². The summed E-state index contributed by atoms with van der Waals surface area (Å²) in [6.07, 6.45) is 2.43. The zero-order chi connectivity index (χ0) is 14.9. The molecule has 0 amide bonds. The lowest BCUT2D eigenvalue weighted by molar-refractivity contribution is 0.569. The van der Waals surface area contributed by atoms with E-state index in [0.29, 0.717) is 17.5 Å². The summed E-state index contributed by atoms with van der Waals surface area (Å²) in [5, 5.41) is 3.40. The Labute approximate surface area is 129 Å². The highest BCUT2D eigenvalue weighted by molar-refractivity contribution is 9.10. The molecule has 1 aliphatic rings. The van der Waals surface area contributed by atoms with E-state index in [4.69, 9.17) is 0 Å². The standard InChI is InChI=1S/C14H21BrN2O2S/c1-9(2)17-20(18,19)14-7-11(6-13(15)10(14)3)8-16-12-4-5-12/h6-7,9,12,16-17H,4-5,8H2,1-3H3. The van der Waals surface area contributed by atoms with Crippen molar-refractivity contribution in [3.63, 3.8) is 0 Å². The first-order chi connectivity index (χ1) is 9.29. The molecular formula is C14H21BrN2O2S. The molecule has 20 heavy (non-hydrogen) atoms. The average molecular weight is 361 g/mol. The number of nitrogens with one attached hydrogen (secondary N) is 2. The van der Waals surface area contributed by atoms with Gasteiger partial charge in [-0.15, -0.1) is 0 Å². The summed E-state index contributed by atoms with van der Waals surface area (Å²) in [4.78, 5) is 0.355. The van der Waals surface area contributed by atoms with E-state index in [1.165, 1.54) is 12.8 Å². The summed E-state index contributed by atoms with van der Waals surface area (Å²) in [7, 11) is -3.47. The Morgan fingerprint density at radius 2 is 2.00 bits per heavy atom. The molecule has 1 aromatic carbocycles. The van der Waals surface area contributed by atoms with E-state index < -0.39 is 10.0 Å². The van der Waals surface area contributed by atoms with Gasteiger partial charge in [0.25, 0.3) is 0 Å². The monoisotopic (exact) mass is 360 g/mol. The van der Waals surface area contributed by atoms with Crippen molar-refractivity contribution in [3.8, 4) is 0 Å². The highest BCUT2D eigenvalue weighted by Gasteiger charge is 2.22. The van der Waals surface area contributed by atoms with Crippen molar-refractivity contribution in [1.29, 1.82) is 0 Å². The third-order valence-corrected chi connectivity index (χ3v) is 5.82. The molecule has 1 aliphatic carbocycles. The van der Waals surface area contributed by atoms with Crippen molar-refractivity contribution in [1.82, 2.24) is 10.0 Å². The minimum atomic E-state index is -3.47. The molecule has 0 bridgehead atoms. The van der Waals surface area contributed by atoms with Crippen LogP contribution in [0, 0.1) is 6.92 Å². The molecule has 0 spiro atoms. The molecule has 1 fully saturated rings. The van der Waals surface area contributed by atoms with Gasteiger partial charge in [-0.1, -0.05) is 15.9 Å². The van der Waals surface area contributed by atoms with Crippen molar-refractivity contribution >= 4 is 26.0 Å². The Kier molecular flexibility index (Phi) is 4.89. The molecule has 0 aromatic heterocycles. The van der Waals surface area contributed by atoms with Crippen molar-refractivity contribution in [2.45, 2.75) is 57.1 Å². The van der Waals surface area contributed by atoms with Gasteiger partial charge in [0.05, 0.1) is 4.90 Å². The van der Waals surface area contributed by atoms with Crippen LogP contribution < -0.4 is 10.0 Å². The zero-order valence-electron chi connectivity index (χ0n) is 12.0. The van der Waals surface area contributed by atoms with Crippen LogP contribution in [0.2, 0.25) is 0 Å². The van der Waals surface area contributed by atoms with Crippen molar-refractivity contribution in [2.24, 2.45) is 0 Å². The summed E-state index contributed by atoms with van der Waals surface area (Å²) in [5.41, 5.74) is 1.73. The summed E-state index contributed by atoms with van der Waals surface area (Å²) in [6.45, 7) is 6.16. The second kappa shape index (κ2) is 6.13. The number of benzene rings is 1. The molecule has 2 rings (SSSR count). The van der Waals surface area contributed by atoms with Crippen LogP contribution in [0.4, 0.5) is 0 Å². The van der Waals surface area contributed by atoms with Gasteiger partial charge in [0.2, 0.25) is 10.0 Å². The lowest BCUT2D eigenvalue weighted by atomic mass is 10.1. The van der Waals surface area contributed by atoms with Gasteiger partial charge >= 0.3 is 0 Å². The SMILES string of the molecule is Cc1c(Br)cc(CNC2CC2)cc1S(=O)(=O)NC(C)C. The summed E-state index contributed by atoms with van der Waals surface area (Å²) >= 11 is 3.46. The van der Waals surface area contributed by atoms with Crippen LogP contribution in [-0.4, -0.2) is 20.5 Å². The van der Waals surface area contributed by atoms with Gasteiger partial charge in [-0.05, 0) is 56.9 Å². The highest BCUT2D eigenvalue weighted by atomic mass is 79.9. The van der Waals surface area contributed by atoms with Crippen LogP contribution in [0.5, 0.6) is 0 Å². The normalized spacial score (nSPS) is 15.8. The van der Waals surface area contributed by atoms with E-state index in [-0.39, 0.29) is 6.04 Å². The first-order valence-corrected chi connectivity index (χ1v) is 9.12. The second-order valence-electron chi connectivity index (χ2n) is 5.63. The Morgan fingerprint density at radius 1 is 1.35 bits per heavy atom. The van der Waals surface area contributed by atoms with E-state index in [0.717, 1.165) is 15.6 Å². The number of hydrogen-bond acceptors (Lipinski definition) is 3. The molecule has 0 atom stereocenters. The predicted molar refractivity (Wildman–Crippen MR) is 84.2 cm³/mol. The van der Waals surface area contributed by atoms with Crippen LogP contribution in [0.3, 0.4) is 0 Å². The number of hydrogen-bond donors (Lipinski definition) is 2. The third kappa shape index (κ3) is 4.04. The molecule has 2 N–H and O–H groups in total. The first-order valence-electron chi connectivity index (χ1n) is 6.84. The summed E-state index contributed by atoms with van der Waals surface area (Å²) in [5.74, 6) is 0. The molecule has 0 heterocycles. The van der Waals surface area contributed by atoms with Crippen LogP contribution in [0.15, 0.2) is 21.5 Å². The molecule has 4 nitrogen and oxygen atoms in total. The minimum absolute atomic E-state index is 0.119. The van der Waals surface area contributed by atoms with Gasteiger partial charge in [0.1, 0.15) is 0 Å². The largest absolute Gasteiger partial charge is 0.310 e. The summed E-state index contributed by atoms with van der Waals surface area (Å²) in [6, 6.07) is 4.23. The van der Waals surface area contributed by atoms with Gasteiger partial charge in [-0.2, -0.15) is 0 Å². The minimum Gasteiger partial charge on any atom is -0.310 e. The van der Waals surface area contributed by atoms with E-state index in [2.05, 4.69) is 26.0 Å². The third-order valence-electron chi connectivity index (χ3n) is 3.21. The smallest absolute Gasteiger partial charge is 0.241 e. The van der Waals surface area contributed by atoms with E-state index in [9.17, 15) is 8.42 Å². The zero-order valence-corrected chi connectivity index (χ0v) is 14.4. The molecule has 1 saturated carbocycles. The maximum Gasteiger partial charge on any atom is 0.241 e. The van der Waals surface area contributed by atoms with Gasteiger partial charge in [-0.3, -0.25) is 0 Å². The Bertz CT molecular complexity index is 595. The molecule has 6 heteroatoms. The second-order valence-corrected chi connectivity index (χ2v) is 8.17. The van der Waals surface area contributed by atoms with Gasteiger partial charge in [-0.25, -0.2) is 13.1 Å². The number of rotatable bonds is 6. The topological polar surface area (TPSA) is 58.2 Å². The average Bonchev–Trinajstić information content (AvgIpc) is 3.12. The predicted octanol–water partition coefficient (Wildman–Crippen LogP) is 2.70. The van der Waals surface area contributed by atoms with Crippen molar-refractivity contribution in [2.75, 3.05) is 0 Å². The van der Waals surface area contributed by atoms with E-state index in [1.54, 1.807) is 6.07 Å². The van der Waals surface area contributed by atoms with E-state index in [1.807, 2.05) is 26.8 Å². The Morgan fingerprint density at radius 3 is 2.55 bits per heavy atom. The molecule has 0 aliphatic heterocycles. The van der Waals surface area contributed by atoms with E-state index >= 15 is 0 Å². The van der Waals surface area contributed by atoms with Crippen LogP contribution in [-0.2, 0) is 16.6 Å². The fourth-order valence-electron chi connectivity index (χ4n) is 2.01. The first kappa shape index (κ1) is 15.9. The van der Waals surface area contributed by atoms with Crippen molar-refractivity contribution in [3.05, 3.63) is 27.7 Å².